The smallest absolute Gasteiger partial charge is 0.341 e. The van der Waals surface area contributed by atoms with E-state index in [1.165, 1.54) is 34.7 Å². The Balaban J connectivity index is 1.16. The number of thioether (sulfide) groups is 1. The fourth-order valence-corrected chi connectivity index (χ4v) is 8.84. The van der Waals surface area contributed by atoms with Gasteiger partial charge in [-0.05, 0) is 104 Å². The van der Waals surface area contributed by atoms with Crippen LogP contribution in [-0.2, 0) is 27.2 Å². The van der Waals surface area contributed by atoms with E-state index in [4.69, 9.17) is 27.9 Å². The molecule has 0 saturated carbocycles. The molecule has 1 aliphatic carbocycles. The number of halogens is 2. The molecule has 1 aromatic heterocycles. The second-order valence-electron chi connectivity index (χ2n) is 12.6. The maximum Gasteiger partial charge on any atom is 0.341 e. The summed E-state index contributed by atoms with van der Waals surface area (Å²) in [6.07, 6.45) is 3.89. The van der Waals surface area contributed by atoms with Crippen LogP contribution in [0.25, 0.3) is 6.08 Å². The molecule has 276 valence electrons. The third-order valence-electron chi connectivity index (χ3n) is 8.82. The van der Waals surface area contributed by atoms with E-state index in [9.17, 15) is 19.2 Å². The van der Waals surface area contributed by atoms with Crippen molar-refractivity contribution in [2.45, 2.75) is 49.2 Å². The Morgan fingerprint density at radius 2 is 1.67 bits per heavy atom. The molecule has 5 aromatic rings. The zero-order chi connectivity index (χ0) is 38.2. The molecule has 12 heteroatoms. The number of carbonyl (C=O) groups is 4. The van der Waals surface area contributed by atoms with Gasteiger partial charge in [0.05, 0.1) is 17.4 Å². The van der Waals surface area contributed by atoms with E-state index in [0.29, 0.717) is 43.3 Å². The Hall–Kier alpha value is -4.87. The lowest BCUT2D eigenvalue weighted by atomic mass is 9.83. The first-order valence-electron chi connectivity index (χ1n) is 17.4. The van der Waals surface area contributed by atoms with Gasteiger partial charge in [-0.2, -0.15) is 0 Å². The van der Waals surface area contributed by atoms with Crippen LogP contribution < -0.4 is 16.0 Å². The highest BCUT2D eigenvalue weighted by Crippen LogP contribution is 2.43. The average Bonchev–Trinajstić information content (AvgIpc) is 3.53. The molecule has 2 atom stereocenters. The standard InChI is InChI=1S/C42H37Cl2N3O5S2/c1-3-52-42(51)37-33-20-18-28(26-11-6-4-7-12-26)22-36(33)54-41(37)47-38(48)25(2)53-32-16-10-15-31(24-32)45-40(50)35(21-29-17-19-30(43)23-34(29)44)46-39(49)27-13-8-5-9-14-27/h4-17,19,21,23-25,28H,3,18,20,22H2,1-2H3,(H,45,50)(H,46,49)(H,47,48)/b35-21+. The van der Waals surface area contributed by atoms with Crippen molar-refractivity contribution < 1.29 is 23.9 Å². The van der Waals surface area contributed by atoms with Gasteiger partial charge in [-0.3, -0.25) is 14.4 Å². The maximum atomic E-state index is 13.7. The predicted molar refractivity (Wildman–Crippen MR) is 219 cm³/mol. The third kappa shape index (κ3) is 9.62. The van der Waals surface area contributed by atoms with Crippen molar-refractivity contribution in [1.82, 2.24) is 5.32 Å². The Kier molecular flexibility index (Phi) is 12.9. The number of hydrogen-bond acceptors (Lipinski definition) is 7. The molecule has 0 radical (unpaired) electrons. The average molecular weight is 799 g/mol. The van der Waals surface area contributed by atoms with Crippen LogP contribution in [0.2, 0.25) is 10.0 Å². The quantitative estimate of drug-likeness (QED) is 0.0658. The number of amides is 3. The van der Waals surface area contributed by atoms with Crippen molar-refractivity contribution >= 4 is 86.8 Å². The van der Waals surface area contributed by atoms with Crippen LogP contribution in [0, 0.1) is 0 Å². The molecule has 8 nitrogen and oxygen atoms in total. The Morgan fingerprint density at radius 3 is 2.39 bits per heavy atom. The Bertz CT molecular complexity index is 2210. The minimum absolute atomic E-state index is 0.0370. The van der Waals surface area contributed by atoms with Gasteiger partial charge in [0, 0.05) is 31.1 Å². The summed E-state index contributed by atoms with van der Waals surface area (Å²) in [5.74, 6) is -1.42. The fourth-order valence-electron chi connectivity index (χ4n) is 6.14. The molecule has 0 saturated heterocycles. The molecule has 0 aliphatic heterocycles. The SMILES string of the molecule is CCOC(=O)c1c(NC(=O)C(C)Sc2cccc(NC(=O)/C(=C\c3ccc(Cl)cc3Cl)NC(=O)c3ccccc3)c2)sc2c1CCC(c1ccccc1)C2. The number of carbonyl (C=O) groups excluding carboxylic acids is 4. The predicted octanol–water partition coefficient (Wildman–Crippen LogP) is 10.0. The summed E-state index contributed by atoms with van der Waals surface area (Å²) in [5.41, 5.74) is 3.93. The van der Waals surface area contributed by atoms with Crippen LogP contribution in [-0.4, -0.2) is 35.5 Å². The van der Waals surface area contributed by atoms with Crippen LogP contribution in [0.5, 0.6) is 0 Å². The molecule has 2 unspecified atom stereocenters. The molecule has 0 fully saturated rings. The highest BCUT2D eigenvalue weighted by atomic mass is 35.5. The molecule has 1 aliphatic rings. The second-order valence-corrected chi connectivity index (χ2v) is 15.9. The molecule has 4 aromatic carbocycles. The molecular weight excluding hydrogens is 762 g/mol. The molecule has 6 rings (SSSR count). The molecule has 54 heavy (non-hydrogen) atoms. The Labute approximate surface area is 332 Å². The Morgan fingerprint density at radius 1 is 0.926 bits per heavy atom. The number of ether oxygens (including phenoxy) is 1. The van der Waals surface area contributed by atoms with Crippen molar-refractivity contribution in [2.24, 2.45) is 0 Å². The molecule has 1 heterocycles. The summed E-state index contributed by atoms with van der Waals surface area (Å²) in [4.78, 5) is 55.4. The summed E-state index contributed by atoms with van der Waals surface area (Å²) in [5, 5.41) is 9.27. The normalized spacial score (nSPS) is 14.4. The maximum absolute atomic E-state index is 13.7. The van der Waals surface area contributed by atoms with E-state index in [1.54, 1.807) is 80.6 Å². The zero-order valence-electron chi connectivity index (χ0n) is 29.5. The van der Waals surface area contributed by atoms with Crippen molar-refractivity contribution in [1.29, 1.82) is 0 Å². The van der Waals surface area contributed by atoms with Crippen molar-refractivity contribution in [3.05, 3.63) is 152 Å². The van der Waals surface area contributed by atoms with E-state index < -0.39 is 23.0 Å². The van der Waals surface area contributed by atoms with Gasteiger partial charge in [-0.1, -0.05) is 83.9 Å². The number of nitrogens with one attached hydrogen (secondary N) is 3. The van der Waals surface area contributed by atoms with E-state index in [-0.39, 0.29) is 18.2 Å². The highest BCUT2D eigenvalue weighted by Gasteiger charge is 2.31. The number of esters is 1. The van der Waals surface area contributed by atoms with E-state index in [1.807, 2.05) is 24.3 Å². The van der Waals surface area contributed by atoms with Gasteiger partial charge in [0.1, 0.15) is 10.7 Å². The van der Waals surface area contributed by atoms with Gasteiger partial charge in [-0.25, -0.2) is 4.79 Å². The fraction of sp³-hybridized carbons (Fsp3) is 0.190. The molecule has 0 bridgehead atoms. The lowest BCUT2D eigenvalue weighted by Gasteiger charge is -2.23. The van der Waals surface area contributed by atoms with Crippen LogP contribution in [0.15, 0.2) is 114 Å². The third-order valence-corrected chi connectivity index (χ3v) is 11.6. The summed E-state index contributed by atoms with van der Waals surface area (Å²) >= 11 is 15.2. The van der Waals surface area contributed by atoms with Gasteiger partial charge in [-0.15, -0.1) is 23.1 Å². The number of rotatable bonds is 12. The van der Waals surface area contributed by atoms with Crippen LogP contribution in [0.3, 0.4) is 0 Å². The van der Waals surface area contributed by atoms with Gasteiger partial charge in [0.25, 0.3) is 11.8 Å². The molecule has 3 N–H and O–H groups in total. The topological polar surface area (TPSA) is 114 Å². The van der Waals surface area contributed by atoms with Crippen molar-refractivity contribution in [2.75, 3.05) is 17.2 Å². The van der Waals surface area contributed by atoms with Gasteiger partial charge >= 0.3 is 5.97 Å². The monoisotopic (exact) mass is 797 g/mol. The summed E-state index contributed by atoms with van der Waals surface area (Å²) < 4.78 is 5.43. The summed E-state index contributed by atoms with van der Waals surface area (Å²) in [6.45, 7) is 3.78. The van der Waals surface area contributed by atoms with Gasteiger partial charge in [0.2, 0.25) is 5.91 Å². The van der Waals surface area contributed by atoms with Gasteiger partial charge < -0.3 is 20.7 Å². The molecular formula is C42H37Cl2N3O5S2. The largest absolute Gasteiger partial charge is 0.462 e. The van der Waals surface area contributed by atoms with Gasteiger partial charge in [0.15, 0.2) is 0 Å². The number of thiophene rings is 1. The van der Waals surface area contributed by atoms with Crippen LogP contribution in [0.1, 0.15) is 68.5 Å². The highest BCUT2D eigenvalue weighted by molar-refractivity contribution is 8.00. The minimum atomic E-state index is -0.583. The van der Waals surface area contributed by atoms with Crippen molar-refractivity contribution in [3.63, 3.8) is 0 Å². The summed E-state index contributed by atoms with van der Waals surface area (Å²) in [7, 11) is 0. The number of benzene rings is 4. The number of hydrogen-bond donors (Lipinski definition) is 3. The molecule has 0 spiro atoms. The first-order valence-corrected chi connectivity index (χ1v) is 19.8. The van der Waals surface area contributed by atoms with Crippen molar-refractivity contribution in [3.8, 4) is 0 Å². The minimum Gasteiger partial charge on any atom is -0.462 e. The van der Waals surface area contributed by atoms with Crippen LogP contribution >= 0.6 is 46.3 Å². The van der Waals surface area contributed by atoms with Crippen LogP contribution in [0.4, 0.5) is 10.7 Å². The lowest BCUT2D eigenvalue weighted by molar-refractivity contribution is -0.115. The van der Waals surface area contributed by atoms with E-state index in [0.717, 1.165) is 34.6 Å². The lowest BCUT2D eigenvalue weighted by Crippen LogP contribution is -2.30. The second kappa shape index (κ2) is 18.0. The molecule has 3 amide bonds. The van der Waals surface area contributed by atoms with E-state index in [2.05, 4.69) is 28.1 Å². The summed E-state index contributed by atoms with van der Waals surface area (Å²) in [6, 6.07) is 30.8. The first kappa shape index (κ1) is 38.8. The van der Waals surface area contributed by atoms with E-state index >= 15 is 0 Å². The number of fused-ring (bicyclic) bond motifs is 1. The number of anilines is 2. The zero-order valence-corrected chi connectivity index (χ0v) is 32.6. The first-order chi connectivity index (χ1) is 26.1.